The third kappa shape index (κ3) is 3.22. The Morgan fingerprint density at radius 3 is 2.95 bits per heavy atom. The molecule has 2 aromatic rings. The minimum Gasteiger partial charge on any atom is -0.377 e. The van der Waals surface area contributed by atoms with Gasteiger partial charge in [0.05, 0.1) is 18.2 Å². The van der Waals surface area contributed by atoms with Gasteiger partial charge >= 0.3 is 0 Å². The maximum atomic E-state index is 12.4. The molecule has 0 saturated carbocycles. The molecule has 4 heteroatoms. The van der Waals surface area contributed by atoms with E-state index in [1.54, 1.807) is 11.3 Å². The van der Waals surface area contributed by atoms with Crippen LogP contribution in [0.1, 0.15) is 24.8 Å². The van der Waals surface area contributed by atoms with Crippen LogP contribution in [0.5, 0.6) is 0 Å². The van der Waals surface area contributed by atoms with Gasteiger partial charge < -0.3 is 4.74 Å². The molecule has 3 rings (SSSR count). The van der Waals surface area contributed by atoms with Crippen molar-refractivity contribution in [1.29, 1.82) is 0 Å². The van der Waals surface area contributed by atoms with E-state index in [2.05, 4.69) is 11.9 Å². The Bertz CT molecular complexity index is 608. The first-order chi connectivity index (χ1) is 10.3. The van der Waals surface area contributed by atoms with E-state index in [-0.39, 0.29) is 17.8 Å². The molecule has 2 atom stereocenters. The van der Waals surface area contributed by atoms with Gasteiger partial charge in [-0.05, 0) is 12.8 Å². The molecule has 1 aromatic heterocycles. The molecule has 0 spiro atoms. The maximum absolute atomic E-state index is 12.4. The van der Waals surface area contributed by atoms with Crippen LogP contribution in [-0.2, 0) is 16.0 Å². The molecule has 1 aliphatic heterocycles. The molecule has 0 aliphatic carbocycles. The predicted molar refractivity (Wildman–Crippen MR) is 84.4 cm³/mol. The van der Waals surface area contributed by atoms with Crippen LogP contribution in [-0.4, -0.2) is 23.5 Å². The second-order valence-corrected chi connectivity index (χ2v) is 6.29. The summed E-state index contributed by atoms with van der Waals surface area (Å²) in [6.45, 7) is 2.79. The average molecular weight is 301 g/mol. The molecule has 0 bridgehead atoms. The Morgan fingerprint density at radius 1 is 1.38 bits per heavy atom. The minimum atomic E-state index is 0.0547. The number of nitrogens with zero attached hydrogens (tertiary/aromatic N) is 1. The van der Waals surface area contributed by atoms with Crippen LogP contribution in [0.3, 0.4) is 0 Å². The lowest BCUT2D eigenvalue weighted by Crippen LogP contribution is -2.25. The quantitative estimate of drug-likeness (QED) is 0.844. The molecular formula is C17H19NO2S. The third-order valence-electron chi connectivity index (χ3n) is 3.97. The molecule has 1 aliphatic rings. The summed E-state index contributed by atoms with van der Waals surface area (Å²) in [5, 5.41) is 2.93. The van der Waals surface area contributed by atoms with Crippen molar-refractivity contribution in [2.24, 2.45) is 5.92 Å². The zero-order valence-electron chi connectivity index (χ0n) is 12.1. The normalized spacial score (nSPS) is 21.6. The van der Waals surface area contributed by atoms with E-state index in [0.717, 1.165) is 29.1 Å². The number of aromatic nitrogens is 1. The SMILES string of the molecule is CCC1OCCC1C(=O)Cc1nc(-c2ccccc2)cs1. The van der Waals surface area contributed by atoms with Crippen molar-refractivity contribution in [3.63, 3.8) is 0 Å². The molecule has 2 unspecified atom stereocenters. The average Bonchev–Trinajstić information content (AvgIpc) is 3.16. The van der Waals surface area contributed by atoms with E-state index in [1.165, 1.54) is 0 Å². The van der Waals surface area contributed by atoms with Crippen LogP contribution < -0.4 is 0 Å². The first kappa shape index (κ1) is 14.4. The van der Waals surface area contributed by atoms with Crippen molar-refractivity contribution in [2.75, 3.05) is 6.61 Å². The Hall–Kier alpha value is -1.52. The number of carbonyl (C=O) groups is 1. The first-order valence-electron chi connectivity index (χ1n) is 7.42. The summed E-state index contributed by atoms with van der Waals surface area (Å²) in [4.78, 5) is 17.0. The third-order valence-corrected chi connectivity index (χ3v) is 4.82. The summed E-state index contributed by atoms with van der Waals surface area (Å²) in [5.41, 5.74) is 2.06. The van der Waals surface area contributed by atoms with Crippen LogP contribution in [0.25, 0.3) is 11.3 Å². The Balaban J connectivity index is 1.69. The summed E-state index contributed by atoms with van der Waals surface area (Å²) in [5.74, 6) is 0.326. The molecule has 110 valence electrons. The van der Waals surface area contributed by atoms with Gasteiger partial charge in [0.15, 0.2) is 0 Å². The van der Waals surface area contributed by atoms with Crippen LogP contribution >= 0.6 is 11.3 Å². The summed E-state index contributed by atoms with van der Waals surface area (Å²) in [6, 6.07) is 10.1. The van der Waals surface area contributed by atoms with Crippen molar-refractivity contribution in [3.05, 3.63) is 40.7 Å². The van der Waals surface area contributed by atoms with Crippen LogP contribution in [0.15, 0.2) is 35.7 Å². The molecule has 0 amide bonds. The second kappa shape index (κ2) is 6.50. The van der Waals surface area contributed by atoms with E-state index in [9.17, 15) is 4.79 Å². The summed E-state index contributed by atoms with van der Waals surface area (Å²) in [7, 11) is 0. The lowest BCUT2D eigenvalue weighted by atomic mass is 9.93. The highest BCUT2D eigenvalue weighted by Gasteiger charge is 2.32. The topological polar surface area (TPSA) is 39.2 Å². The van der Waals surface area contributed by atoms with Gasteiger partial charge in [0.25, 0.3) is 0 Å². The second-order valence-electron chi connectivity index (χ2n) is 5.35. The number of ketones is 1. The van der Waals surface area contributed by atoms with Gasteiger partial charge in [-0.3, -0.25) is 4.79 Å². The number of ether oxygens (including phenoxy) is 1. The fourth-order valence-electron chi connectivity index (χ4n) is 2.83. The largest absolute Gasteiger partial charge is 0.377 e. The molecule has 0 radical (unpaired) electrons. The number of hydrogen-bond donors (Lipinski definition) is 0. The Morgan fingerprint density at radius 2 is 2.19 bits per heavy atom. The molecule has 3 nitrogen and oxygen atoms in total. The first-order valence-corrected chi connectivity index (χ1v) is 8.30. The lowest BCUT2D eigenvalue weighted by Gasteiger charge is -2.14. The molecular weight excluding hydrogens is 282 g/mol. The van der Waals surface area contributed by atoms with Crippen LogP contribution in [0, 0.1) is 5.92 Å². The Kier molecular flexibility index (Phi) is 4.46. The monoisotopic (exact) mass is 301 g/mol. The zero-order chi connectivity index (χ0) is 14.7. The Labute approximate surface area is 129 Å². The highest BCUT2D eigenvalue weighted by molar-refractivity contribution is 7.10. The maximum Gasteiger partial charge on any atom is 0.145 e. The van der Waals surface area contributed by atoms with E-state index >= 15 is 0 Å². The van der Waals surface area contributed by atoms with Gasteiger partial charge in [-0.25, -0.2) is 4.98 Å². The van der Waals surface area contributed by atoms with Gasteiger partial charge in [-0.2, -0.15) is 0 Å². The highest BCUT2D eigenvalue weighted by atomic mass is 32.1. The molecule has 0 N–H and O–H groups in total. The van der Waals surface area contributed by atoms with Gasteiger partial charge in [-0.1, -0.05) is 37.3 Å². The number of carbonyl (C=O) groups excluding carboxylic acids is 1. The van der Waals surface area contributed by atoms with Gasteiger partial charge in [-0.15, -0.1) is 11.3 Å². The number of hydrogen-bond acceptors (Lipinski definition) is 4. The molecule has 2 heterocycles. The number of benzene rings is 1. The lowest BCUT2D eigenvalue weighted by molar-refractivity contribution is -0.123. The number of thiazole rings is 1. The van der Waals surface area contributed by atoms with E-state index in [1.807, 2.05) is 35.7 Å². The van der Waals surface area contributed by atoms with Crippen molar-refractivity contribution in [1.82, 2.24) is 4.98 Å². The van der Waals surface area contributed by atoms with Crippen molar-refractivity contribution < 1.29 is 9.53 Å². The number of rotatable bonds is 5. The van der Waals surface area contributed by atoms with Crippen LogP contribution in [0.4, 0.5) is 0 Å². The fraction of sp³-hybridized carbons (Fsp3) is 0.412. The predicted octanol–water partition coefficient (Wildman–Crippen LogP) is 3.74. The van der Waals surface area contributed by atoms with Gasteiger partial charge in [0.2, 0.25) is 0 Å². The zero-order valence-corrected chi connectivity index (χ0v) is 12.9. The highest BCUT2D eigenvalue weighted by Crippen LogP contribution is 2.27. The van der Waals surface area contributed by atoms with Crippen molar-refractivity contribution in [3.8, 4) is 11.3 Å². The standard InChI is InChI=1S/C17H19NO2S/c1-2-16-13(8-9-20-16)15(19)10-17-18-14(11-21-17)12-6-4-3-5-7-12/h3-7,11,13,16H,2,8-10H2,1H3. The van der Waals surface area contributed by atoms with Crippen molar-refractivity contribution >= 4 is 17.1 Å². The fourth-order valence-corrected chi connectivity index (χ4v) is 3.65. The molecule has 1 aromatic carbocycles. The number of Topliss-reactive ketones (excluding diaryl/α,β-unsaturated/α-hetero) is 1. The molecule has 1 fully saturated rings. The van der Waals surface area contributed by atoms with E-state index < -0.39 is 0 Å². The van der Waals surface area contributed by atoms with Gasteiger partial charge in [0, 0.05) is 23.5 Å². The smallest absolute Gasteiger partial charge is 0.145 e. The molecule has 21 heavy (non-hydrogen) atoms. The van der Waals surface area contributed by atoms with Crippen LogP contribution in [0.2, 0.25) is 0 Å². The minimum absolute atomic E-state index is 0.0547. The molecule has 1 saturated heterocycles. The summed E-state index contributed by atoms with van der Waals surface area (Å²) >= 11 is 1.57. The van der Waals surface area contributed by atoms with E-state index in [4.69, 9.17) is 4.74 Å². The van der Waals surface area contributed by atoms with E-state index in [0.29, 0.717) is 13.0 Å². The summed E-state index contributed by atoms with van der Waals surface area (Å²) < 4.78 is 5.61. The summed E-state index contributed by atoms with van der Waals surface area (Å²) in [6.07, 6.45) is 2.30. The van der Waals surface area contributed by atoms with Gasteiger partial charge in [0.1, 0.15) is 10.8 Å². The van der Waals surface area contributed by atoms with Crippen molar-refractivity contribution in [2.45, 2.75) is 32.3 Å².